The van der Waals surface area contributed by atoms with Crippen LogP contribution in [0.4, 0.5) is 5.69 Å². The van der Waals surface area contributed by atoms with Crippen LogP contribution < -0.4 is 10.5 Å². The molecule has 5 heteroatoms. The van der Waals surface area contributed by atoms with Gasteiger partial charge in [0.1, 0.15) is 5.75 Å². The number of likely N-dealkylation sites (tertiary alicyclic amines) is 1. The molecule has 0 unspecified atom stereocenters. The van der Waals surface area contributed by atoms with Gasteiger partial charge in [0.2, 0.25) is 0 Å². The second-order valence-corrected chi connectivity index (χ2v) is 7.11. The summed E-state index contributed by atoms with van der Waals surface area (Å²) in [5.74, 6) is 0.780. The lowest BCUT2D eigenvalue weighted by molar-refractivity contribution is 0.0939. The minimum Gasteiger partial charge on any atom is -0.489 e. The summed E-state index contributed by atoms with van der Waals surface area (Å²) < 4.78 is 5.62. The Balaban J connectivity index is 1.87. The Morgan fingerprint density at radius 2 is 2.04 bits per heavy atom. The highest BCUT2D eigenvalue weighted by Crippen LogP contribution is 2.24. The van der Waals surface area contributed by atoms with Crippen molar-refractivity contribution in [2.75, 3.05) is 39.5 Å². The molecule has 0 spiro atoms. The molecule has 1 aliphatic heterocycles. The summed E-state index contributed by atoms with van der Waals surface area (Å²) in [5.41, 5.74) is 7.19. The summed E-state index contributed by atoms with van der Waals surface area (Å²) in [6.45, 7) is 6.97. The van der Waals surface area contributed by atoms with E-state index in [-0.39, 0.29) is 11.9 Å². The Kier molecular flexibility index (Phi) is 6.63. The van der Waals surface area contributed by atoms with Gasteiger partial charge in [-0.05, 0) is 72.1 Å². The first-order valence-corrected chi connectivity index (χ1v) is 8.85. The average molecular weight is 333 g/mol. The summed E-state index contributed by atoms with van der Waals surface area (Å²) in [5, 5.41) is 0. The van der Waals surface area contributed by atoms with E-state index in [1.165, 1.54) is 12.8 Å². The quantitative estimate of drug-likeness (QED) is 0.614. The third-order valence-electron chi connectivity index (χ3n) is 4.70. The van der Waals surface area contributed by atoms with Gasteiger partial charge in [0.25, 0.3) is 0 Å². The molecule has 1 aromatic carbocycles. The van der Waals surface area contributed by atoms with Crippen molar-refractivity contribution in [1.82, 2.24) is 9.80 Å². The Morgan fingerprint density at radius 1 is 1.38 bits per heavy atom. The van der Waals surface area contributed by atoms with Crippen molar-refractivity contribution in [2.45, 2.75) is 45.3 Å². The first kappa shape index (κ1) is 18.7. The maximum Gasteiger partial charge on any atom is 0.164 e. The summed E-state index contributed by atoms with van der Waals surface area (Å²) in [7, 11) is 4.29. The number of nitrogens with zero attached hydrogens (tertiary/aromatic N) is 2. The van der Waals surface area contributed by atoms with Crippen molar-refractivity contribution in [2.24, 2.45) is 0 Å². The first-order valence-electron chi connectivity index (χ1n) is 8.85. The topological polar surface area (TPSA) is 58.8 Å². The monoisotopic (exact) mass is 333 g/mol. The highest BCUT2D eigenvalue weighted by Gasteiger charge is 2.21. The van der Waals surface area contributed by atoms with Gasteiger partial charge in [0.05, 0.1) is 11.8 Å². The van der Waals surface area contributed by atoms with Gasteiger partial charge >= 0.3 is 0 Å². The van der Waals surface area contributed by atoms with Gasteiger partial charge < -0.3 is 20.3 Å². The molecule has 0 radical (unpaired) electrons. The molecule has 2 N–H and O–H groups in total. The number of benzene rings is 1. The van der Waals surface area contributed by atoms with E-state index in [9.17, 15) is 4.79 Å². The Bertz CT molecular complexity index is 552. The third kappa shape index (κ3) is 5.21. The van der Waals surface area contributed by atoms with Gasteiger partial charge in [0.15, 0.2) is 5.78 Å². The lowest BCUT2D eigenvalue weighted by atomic mass is 10.0. The van der Waals surface area contributed by atoms with E-state index in [2.05, 4.69) is 23.9 Å². The van der Waals surface area contributed by atoms with E-state index in [1.807, 2.05) is 19.9 Å². The van der Waals surface area contributed by atoms with Crippen LogP contribution in [0.5, 0.6) is 5.75 Å². The van der Waals surface area contributed by atoms with Crippen LogP contribution in [0, 0.1) is 0 Å². The first-order chi connectivity index (χ1) is 11.4. The predicted octanol–water partition coefficient (Wildman–Crippen LogP) is 2.65. The molecule has 5 nitrogen and oxygen atoms in total. The molecule has 134 valence electrons. The number of piperidine rings is 1. The van der Waals surface area contributed by atoms with Gasteiger partial charge in [-0.25, -0.2) is 0 Å². The number of hydrogen-bond acceptors (Lipinski definition) is 5. The number of ketones is 1. The van der Waals surface area contributed by atoms with Crippen molar-refractivity contribution >= 4 is 11.5 Å². The molecule has 1 aromatic rings. The highest BCUT2D eigenvalue weighted by atomic mass is 16.5. The van der Waals surface area contributed by atoms with Gasteiger partial charge in [-0.3, -0.25) is 4.79 Å². The fourth-order valence-corrected chi connectivity index (χ4v) is 3.12. The van der Waals surface area contributed by atoms with Crippen molar-refractivity contribution in [1.29, 1.82) is 0 Å². The molecule has 0 aliphatic carbocycles. The minimum atomic E-state index is 0.0667. The molecule has 1 fully saturated rings. The number of anilines is 1. The van der Waals surface area contributed by atoms with Crippen LogP contribution in [-0.2, 0) is 0 Å². The molecule has 1 heterocycles. The Labute approximate surface area is 145 Å². The Morgan fingerprint density at radius 3 is 2.62 bits per heavy atom. The highest BCUT2D eigenvalue weighted by molar-refractivity contribution is 5.97. The molecule has 1 saturated heterocycles. The molecule has 24 heavy (non-hydrogen) atoms. The lowest BCUT2D eigenvalue weighted by Crippen LogP contribution is -2.42. The molecule has 0 aromatic heterocycles. The summed E-state index contributed by atoms with van der Waals surface area (Å²) in [6, 6.07) is 5.92. The molecule has 0 amide bonds. The van der Waals surface area contributed by atoms with E-state index in [4.69, 9.17) is 10.5 Å². The molecule has 1 aliphatic rings. The van der Waals surface area contributed by atoms with Crippen LogP contribution in [0.1, 0.15) is 43.5 Å². The third-order valence-corrected chi connectivity index (χ3v) is 4.70. The number of nitrogen functional groups attached to an aromatic ring is 1. The number of Topliss-reactive ketones (excluding diaryl/α,β-unsaturated/α-hetero) is 1. The molecular weight excluding hydrogens is 302 g/mol. The predicted molar refractivity (Wildman–Crippen MR) is 98.7 cm³/mol. The van der Waals surface area contributed by atoms with Crippen LogP contribution >= 0.6 is 0 Å². The Hall–Kier alpha value is -1.59. The van der Waals surface area contributed by atoms with E-state index in [0.29, 0.717) is 29.5 Å². The normalized spacial score (nSPS) is 16.8. The summed E-state index contributed by atoms with van der Waals surface area (Å²) >= 11 is 0. The number of rotatable bonds is 7. The van der Waals surface area contributed by atoms with Crippen LogP contribution in [0.15, 0.2) is 18.2 Å². The second-order valence-electron chi connectivity index (χ2n) is 7.11. The maximum absolute atomic E-state index is 12.4. The van der Waals surface area contributed by atoms with E-state index in [0.717, 1.165) is 19.6 Å². The minimum absolute atomic E-state index is 0.0667. The van der Waals surface area contributed by atoms with Crippen LogP contribution in [0.25, 0.3) is 0 Å². The number of carbonyl (C=O) groups excluding carboxylic acids is 1. The smallest absolute Gasteiger partial charge is 0.164 e. The number of carbonyl (C=O) groups is 1. The van der Waals surface area contributed by atoms with Crippen molar-refractivity contribution in [3.05, 3.63) is 23.8 Å². The standard InChI is InChI=1S/C19H31N3O2/c1-14(2)24-19-6-5-15(13-17(19)20)18(23)9-12-22(4)16-7-10-21(3)11-8-16/h5-6,13-14,16H,7-12,20H2,1-4H3. The fourth-order valence-electron chi connectivity index (χ4n) is 3.12. The van der Waals surface area contributed by atoms with Crippen LogP contribution in [0.2, 0.25) is 0 Å². The zero-order valence-corrected chi connectivity index (χ0v) is 15.4. The molecule has 2 rings (SSSR count). The zero-order valence-electron chi connectivity index (χ0n) is 15.4. The van der Waals surface area contributed by atoms with Crippen LogP contribution in [-0.4, -0.2) is 61.5 Å². The zero-order chi connectivity index (χ0) is 17.7. The van der Waals surface area contributed by atoms with Gasteiger partial charge in [-0.1, -0.05) is 0 Å². The van der Waals surface area contributed by atoms with Crippen molar-refractivity contribution < 1.29 is 9.53 Å². The number of nitrogens with two attached hydrogens (primary N) is 1. The second kappa shape index (κ2) is 8.49. The van der Waals surface area contributed by atoms with Gasteiger partial charge in [-0.15, -0.1) is 0 Å². The number of ether oxygens (including phenoxy) is 1. The maximum atomic E-state index is 12.4. The van der Waals surface area contributed by atoms with Gasteiger partial charge in [0, 0.05) is 24.6 Å². The summed E-state index contributed by atoms with van der Waals surface area (Å²) in [4.78, 5) is 17.1. The molecule has 0 atom stereocenters. The van der Waals surface area contributed by atoms with E-state index < -0.39 is 0 Å². The van der Waals surface area contributed by atoms with Crippen molar-refractivity contribution in [3.63, 3.8) is 0 Å². The van der Waals surface area contributed by atoms with Gasteiger partial charge in [-0.2, -0.15) is 0 Å². The largest absolute Gasteiger partial charge is 0.489 e. The SMILES string of the molecule is CC(C)Oc1ccc(C(=O)CCN(C)C2CCN(C)CC2)cc1N. The lowest BCUT2D eigenvalue weighted by Gasteiger charge is -2.35. The average Bonchev–Trinajstić information content (AvgIpc) is 2.54. The molecule has 0 saturated carbocycles. The fraction of sp³-hybridized carbons (Fsp3) is 0.632. The van der Waals surface area contributed by atoms with Crippen LogP contribution in [0.3, 0.4) is 0 Å². The number of hydrogen-bond donors (Lipinski definition) is 1. The van der Waals surface area contributed by atoms with Crippen molar-refractivity contribution in [3.8, 4) is 5.75 Å². The van der Waals surface area contributed by atoms with E-state index in [1.54, 1.807) is 12.1 Å². The van der Waals surface area contributed by atoms with E-state index >= 15 is 0 Å². The molecular formula is C19H31N3O2. The molecule has 0 bridgehead atoms. The summed E-state index contributed by atoms with van der Waals surface area (Å²) in [6.07, 6.45) is 2.94.